The second kappa shape index (κ2) is 5.15. The number of nitrogens with zero attached hydrogens (tertiary/aromatic N) is 1. The van der Waals surface area contributed by atoms with Crippen molar-refractivity contribution in [2.24, 2.45) is 0 Å². The van der Waals surface area contributed by atoms with Gasteiger partial charge in [-0.3, -0.25) is 4.79 Å². The van der Waals surface area contributed by atoms with Crippen LogP contribution in [0.2, 0.25) is 0 Å². The number of hydrogen-bond acceptors (Lipinski definition) is 3. The van der Waals surface area contributed by atoms with Crippen molar-refractivity contribution < 1.29 is 4.79 Å². The first kappa shape index (κ1) is 11.9. The van der Waals surface area contributed by atoms with Gasteiger partial charge in [-0.2, -0.15) is 0 Å². The average Bonchev–Trinajstić information content (AvgIpc) is 2.34. The van der Waals surface area contributed by atoms with E-state index in [4.69, 9.17) is 0 Å². The SMILES string of the molecule is Cc1ccccc1Sc1ncc(C=O)cc1C. The molecule has 0 unspecified atom stereocenters. The first-order valence-corrected chi connectivity index (χ1v) is 6.17. The van der Waals surface area contributed by atoms with E-state index in [0.29, 0.717) is 5.56 Å². The van der Waals surface area contributed by atoms with Crippen LogP contribution in [0.15, 0.2) is 46.5 Å². The third kappa shape index (κ3) is 2.74. The summed E-state index contributed by atoms with van der Waals surface area (Å²) in [4.78, 5) is 16.1. The van der Waals surface area contributed by atoms with E-state index in [1.165, 1.54) is 10.5 Å². The monoisotopic (exact) mass is 243 g/mol. The lowest BCUT2D eigenvalue weighted by Gasteiger charge is -2.07. The zero-order valence-corrected chi connectivity index (χ0v) is 10.6. The number of rotatable bonds is 3. The molecule has 2 rings (SSSR count). The smallest absolute Gasteiger partial charge is 0.151 e. The lowest BCUT2D eigenvalue weighted by molar-refractivity contribution is 0.112. The number of carbonyl (C=O) groups excluding carboxylic acids is 1. The molecular weight excluding hydrogens is 230 g/mol. The van der Waals surface area contributed by atoms with Crippen molar-refractivity contribution >= 4 is 18.0 Å². The highest BCUT2D eigenvalue weighted by Gasteiger charge is 2.05. The average molecular weight is 243 g/mol. The van der Waals surface area contributed by atoms with E-state index >= 15 is 0 Å². The van der Waals surface area contributed by atoms with Gasteiger partial charge in [-0.1, -0.05) is 30.0 Å². The van der Waals surface area contributed by atoms with E-state index in [1.54, 1.807) is 18.0 Å². The fourth-order valence-corrected chi connectivity index (χ4v) is 2.44. The summed E-state index contributed by atoms with van der Waals surface area (Å²) >= 11 is 1.63. The Bertz CT molecular complexity index is 552. The maximum absolute atomic E-state index is 10.6. The lowest BCUT2D eigenvalue weighted by Crippen LogP contribution is -1.90. The minimum absolute atomic E-state index is 0.622. The van der Waals surface area contributed by atoms with Gasteiger partial charge in [-0.25, -0.2) is 4.98 Å². The molecule has 1 aromatic carbocycles. The predicted molar refractivity (Wildman–Crippen MR) is 69.7 cm³/mol. The Hall–Kier alpha value is -1.61. The van der Waals surface area contributed by atoms with Crippen LogP contribution >= 0.6 is 11.8 Å². The summed E-state index contributed by atoms with van der Waals surface area (Å²) in [5.41, 5.74) is 2.89. The molecule has 1 heterocycles. The van der Waals surface area contributed by atoms with Crippen LogP contribution in [0.1, 0.15) is 21.5 Å². The van der Waals surface area contributed by atoms with Gasteiger partial charge in [-0.15, -0.1) is 0 Å². The van der Waals surface area contributed by atoms with Crippen molar-refractivity contribution in [2.75, 3.05) is 0 Å². The zero-order valence-electron chi connectivity index (χ0n) is 9.81. The lowest BCUT2D eigenvalue weighted by atomic mass is 10.2. The third-order valence-corrected chi connectivity index (χ3v) is 3.79. The van der Waals surface area contributed by atoms with Gasteiger partial charge < -0.3 is 0 Å². The van der Waals surface area contributed by atoms with E-state index < -0.39 is 0 Å². The molecule has 1 aromatic heterocycles. The van der Waals surface area contributed by atoms with Crippen molar-refractivity contribution in [1.29, 1.82) is 0 Å². The van der Waals surface area contributed by atoms with Crippen LogP contribution < -0.4 is 0 Å². The normalized spacial score (nSPS) is 10.2. The molecule has 86 valence electrons. The van der Waals surface area contributed by atoms with E-state index in [0.717, 1.165) is 16.9 Å². The predicted octanol–water partition coefficient (Wildman–Crippen LogP) is 3.66. The van der Waals surface area contributed by atoms with Crippen molar-refractivity contribution in [1.82, 2.24) is 4.98 Å². The van der Waals surface area contributed by atoms with Crippen LogP contribution in [-0.2, 0) is 0 Å². The Balaban J connectivity index is 2.31. The minimum atomic E-state index is 0.622. The highest BCUT2D eigenvalue weighted by Crippen LogP contribution is 2.30. The molecule has 2 nitrogen and oxygen atoms in total. The van der Waals surface area contributed by atoms with Crippen LogP contribution in [0.4, 0.5) is 0 Å². The molecule has 0 N–H and O–H groups in total. The number of hydrogen-bond donors (Lipinski definition) is 0. The first-order valence-electron chi connectivity index (χ1n) is 5.36. The van der Waals surface area contributed by atoms with Crippen LogP contribution in [0.25, 0.3) is 0 Å². The molecular formula is C14H13NOS. The summed E-state index contributed by atoms with van der Waals surface area (Å²) in [6, 6.07) is 10.1. The van der Waals surface area contributed by atoms with Crippen molar-refractivity contribution in [3.63, 3.8) is 0 Å². The van der Waals surface area contributed by atoms with E-state index in [1.807, 2.05) is 25.1 Å². The molecule has 2 aromatic rings. The summed E-state index contributed by atoms with van der Waals surface area (Å²) in [6.07, 6.45) is 2.43. The second-order valence-electron chi connectivity index (χ2n) is 3.88. The molecule has 0 aliphatic heterocycles. The molecule has 0 atom stereocenters. The number of aldehydes is 1. The van der Waals surface area contributed by atoms with Crippen molar-refractivity contribution in [3.8, 4) is 0 Å². The van der Waals surface area contributed by atoms with E-state index in [-0.39, 0.29) is 0 Å². The Morgan fingerprint density at radius 1 is 1.18 bits per heavy atom. The largest absolute Gasteiger partial charge is 0.298 e. The van der Waals surface area contributed by atoms with Gasteiger partial charge in [0.15, 0.2) is 6.29 Å². The van der Waals surface area contributed by atoms with Crippen molar-refractivity contribution in [2.45, 2.75) is 23.8 Å². The minimum Gasteiger partial charge on any atom is -0.298 e. The highest BCUT2D eigenvalue weighted by molar-refractivity contribution is 7.99. The standard InChI is InChI=1S/C14H13NOS/c1-10-5-3-4-6-13(10)17-14-11(2)7-12(9-16)8-15-14/h3-9H,1-2H3. The molecule has 0 spiro atoms. The van der Waals surface area contributed by atoms with Crippen LogP contribution in [0.3, 0.4) is 0 Å². The molecule has 0 fully saturated rings. The molecule has 3 heteroatoms. The fourth-order valence-electron chi connectivity index (χ4n) is 1.53. The van der Waals surface area contributed by atoms with Gasteiger partial charge in [0.2, 0.25) is 0 Å². The number of pyridine rings is 1. The van der Waals surface area contributed by atoms with Gasteiger partial charge in [0.1, 0.15) is 5.03 Å². The molecule has 0 radical (unpaired) electrons. The Morgan fingerprint density at radius 3 is 2.59 bits per heavy atom. The number of aromatic nitrogens is 1. The van der Waals surface area contributed by atoms with Gasteiger partial charge in [-0.05, 0) is 37.1 Å². The molecule has 0 aliphatic rings. The third-order valence-electron chi connectivity index (χ3n) is 2.49. The van der Waals surface area contributed by atoms with E-state index in [2.05, 4.69) is 24.0 Å². The summed E-state index contributed by atoms with van der Waals surface area (Å²) in [5.74, 6) is 0. The quantitative estimate of drug-likeness (QED) is 0.770. The van der Waals surface area contributed by atoms with Gasteiger partial charge in [0, 0.05) is 16.7 Å². The molecule has 0 saturated heterocycles. The zero-order chi connectivity index (χ0) is 12.3. The molecule has 0 aliphatic carbocycles. The van der Waals surface area contributed by atoms with Crippen LogP contribution in [0.5, 0.6) is 0 Å². The first-order chi connectivity index (χ1) is 8.20. The maximum atomic E-state index is 10.6. The summed E-state index contributed by atoms with van der Waals surface area (Å²) in [7, 11) is 0. The number of benzene rings is 1. The molecule has 0 amide bonds. The van der Waals surface area contributed by atoms with Gasteiger partial charge in [0.05, 0.1) is 0 Å². The fraction of sp³-hybridized carbons (Fsp3) is 0.143. The summed E-state index contributed by atoms with van der Waals surface area (Å²) < 4.78 is 0. The Morgan fingerprint density at radius 2 is 1.94 bits per heavy atom. The van der Waals surface area contributed by atoms with Gasteiger partial charge >= 0.3 is 0 Å². The van der Waals surface area contributed by atoms with Gasteiger partial charge in [0.25, 0.3) is 0 Å². The second-order valence-corrected chi connectivity index (χ2v) is 4.91. The topological polar surface area (TPSA) is 30.0 Å². The van der Waals surface area contributed by atoms with Crippen LogP contribution in [-0.4, -0.2) is 11.3 Å². The Labute approximate surface area is 105 Å². The van der Waals surface area contributed by atoms with E-state index in [9.17, 15) is 4.79 Å². The Kier molecular flexibility index (Phi) is 3.59. The summed E-state index contributed by atoms with van der Waals surface area (Å²) in [5, 5.41) is 0.949. The number of carbonyl (C=O) groups is 1. The molecule has 0 saturated carbocycles. The molecule has 0 bridgehead atoms. The highest BCUT2D eigenvalue weighted by atomic mass is 32.2. The summed E-state index contributed by atoms with van der Waals surface area (Å²) in [6.45, 7) is 4.05. The molecule has 17 heavy (non-hydrogen) atoms. The van der Waals surface area contributed by atoms with Crippen molar-refractivity contribution in [3.05, 3.63) is 53.2 Å². The maximum Gasteiger partial charge on any atom is 0.151 e. The van der Waals surface area contributed by atoms with Crippen LogP contribution in [0, 0.1) is 13.8 Å². The number of aryl methyl sites for hydroxylation is 2.